The van der Waals surface area contributed by atoms with E-state index in [9.17, 15) is 18.0 Å². The van der Waals surface area contributed by atoms with Crippen molar-refractivity contribution in [3.8, 4) is 0 Å². The Morgan fingerprint density at radius 3 is 2.75 bits per heavy atom. The third-order valence-corrected chi connectivity index (χ3v) is 2.90. The zero-order chi connectivity index (χ0) is 14.9. The van der Waals surface area contributed by atoms with Gasteiger partial charge >= 0.3 is 6.18 Å². The summed E-state index contributed by atoms with van der Waals surface area (Å²) in [6, 6.07) is 0. The number of amides is 1. The van der Waals surface area contributed by atoms with Gasteiger partial charge in [-0.05, 0) is 0 Å². The molecule has 108 valence electrons. The standard InChI is InChI=1S/C11H11F3N4OS/c1-18-8-6(9(19)16-2-3-20)4-15-5-7(8)17-10(18)11(12,13)14/h4-5,20H,2-3H2,1H3,(H,16,19). The lowest BCUT2D eigenvalue weighted by molar-refractivity contribution is -0.146. The maximum Gasteiger partial charge on any atom is 0.449 e. The van der Waals surface area contributed by atoms with Crippen molar-refractivity contribution in [1.29, 1.82) is 0 Å². The minimum Gasteiger partial charge on any atom is -0.351 e. The molecule has 0 aliphatic rings. The molecule has 2 heterocycles. The minimum atomic E-state index is -4.59. The lowest BCUT2D eigenvalue weighted by Crippen LogP contribution is -2.26. The number of nitrogens with one attached hydrogen (secondary N) is 1. The van der Waals surface area contributed by atoms with Crippen molar-refractivity contribution in [2.45, 2.75) is 6.18 Å². The Hall–Kier alpha value is -1.77. The van der Waals surface area contributed by atoms with Gasteiger partial charge in [0.05, 0.1) is 17.3 Å². The largest absolute Gasteiger partial charge is 0.449 e. The van der Waals surface area contributed by atoms with Gasteiger partial charge in [0.15, 0.2) is 0 Å². The summed E-state index contributed by atoms with van der Waals surface area (Å²) < 4.78 is 39.3. The molecule has 0 saturated carbocycles. The third-order valence-electron chi connectivity index (χ3n) is 2.67. The number of carbonyl (C=O) groups is 1. The van der Waals surface area contributed by atoms with Crippen molar-refractivity contribution in [3.63, 3.8) is 0 Å². The molecule has 2 rings (SSSR count). The van der Waals surface area contributed by atoms with Gasteiger partial charge in [0.25, 0.3) is 5.91 Å². The van der Waals surface area contributed by atoms with Gasteiger partial charge in [-0.1, -0.05) is 0 Å². The van der Waals surface area contributed by atoms with Crippen LogP contribution in [0.5, 0.6) is 0 Å². The number of nitrogens with zero attached hydrogens (tertiary/aromatic N) is 3. The first-order valence-electron chi connectivity index (χ1n) is 5.63. The number of pyridine rings is 1. The number of aromatic nitrogens is 3. The number of hydrogen-bond donors (Lipinski definition) is 2. The van der Waals surface area contributed by atoms with Gasteiger partial charge in [-0.25, -0.2) is 4.98 Å². The van der Waals surface area contributed by atoms with Gasteiger partial charge < -0.3 is 9.88 Å². The van der Waals surface area contributed by atoms with Crippen molar-refractivity contribution in [2.75, 3.05) is 12.3 Å². The summed E-state index contributed by atoms with van der Waals surface area (Å²) in [6.45, 7) is 0.308. The van der Waals surface area contributed by atoms with E-state index in [1.54, 1.807) is 0 Å². The molecule has 0 bridgehead atoms. The van der Waals surface area contributed by atoms with Crippen LogP contribution in [-0.4, -0.2) is 32.7 Å². The zero-order valence-corrected chi connectivity index (χ0v) is 11.3. The molecule has 0 unspecified atom stereocenters. The molecule has 5 nitrogen and oxygen atoms in total. The highest BCUT2D eigenvalue weighted by molar-refractivity contribution is 7.80. The number of hydrogen-bond acceptors (Lipinski definition) is 4. The molecular formula is C11H11F3N4OS. The molecule has 0 fully saturated rings. The lowest BCUT2D eigenvalue weighted by Gasteiger charge is -2.08. The maximum atomic E-state index is 12.8. The maximum absolute atomic E-state index is 12.8. The topological polar surface area (TPSA) is 59.8 Å². The van der Waals surface area contributed by atoms with Crippen LogP contribution in [0.2, 0.25) is 0 Å². The van der Waals surface area contributed by atoms with E-state index in [1.807, 2.05) is 0 Å². The number of rotatable bonds is 3. The molecule has 0 spiro atoms. The summed E-state index contributed by atoms with van der Waals surface area (Å²) in [5, 5.41) is 2.54. The van der Waals surface area contributed by atoms with E-state index < -0.39 is 17.9 Å². The second kappa shape index (κ2) is 5.31. The highest BCUT2D eigenvalue weighted by atomic mass is 32.1. The Kier molecular flexibility index (Phi) is 3.89. The average Bonchev–Trinajstić information content (AvgIpc) is 2.73. The normalized spacial score (nSPS) is 11.8. The monoisotopic (exact) mass is 304 g/mol. The molecule has 0 radical (unpaired) electrons. The Bertz CT molecular complexity index is 653. The smallest absolute Gasteiger partial charge is 0.351 e. The van der Waals surface area contributed by atoms with Gasteiger partial charge in [0, 0.05) is 25.5 Å². The Balaban J connectivity index is 2.57. The number of carbonyl (C=O) groups excluding carboxylic acids is 1. The Morgan fingerprint density at radius 2 is 2.15 bits per heavy atom. The van der Waals surface area contributed by atoms with Crippen LogP contribution in [0.15, 0.2) is 12.4 Å². The van der Waals surface area contributed by atoms with Crippen molar-refractivity contribution >= 4 is 29.6 Å². The van der Waals surface area contributed by atoms with E-state index in [2.05, 4.69) is 27.9 Å². The van der Waals surface area contributed by atoms with Gasteiger partial charge in [-0.3, -0.25) is 9.78 Å². The number of fused-ring (bicyclic) bond motifs is 1. The highest BCUT2D eigenvalue weighted by Crippen LogP contribution is 2.31. The first-order valence-corrected chi connectivity index (χ1v) is 6.26. The molecule has 9 heteroatoms. The fraction of sp³-hybridized carbons (Fsp3) is 0.364. The van der Waals surface area contributed by atoms with Crippen LogP contribution in [-0.2, 0) is 13.2 Å². The SMILES string of the molecule is Cn1c(C(F)(F)F)nc2cncc(C(=O)NCCS)c21. The van der Waals surface area contributed by atoms with Crippen LogP contribution in [0.1, 0.15) is 16.2 Å². The molecule has 2 aromatic heterocycles. The summed E-state index contributed by atoms with van der Waals surface area (Å²) in [7, 11) is 1.22. The van der Waals surface area contributed by atoms with E-state index in [4.69, 9.17) is 0 Å². The number of aryl methyl sites for hydroxylation is 1. The van der Waals surface area contributed by atoms with Crippen LogP contribution in [0.25, 0.3) is 11.0 Å². The zero-order valence-electron chi connectivity index (χ0n) is 10.4. The number of thiol groups is 1. The van der Waals surface area contributed by atoms with Crippen LogP contribution in [0.4, 0.5) is 13.2 Å². The molecular weight excluding hydrogens is 293 g/mol. The third kappa shape index (κ3) is 2.58. The summed E-state index contributed by atoms with van der Waals surface area (Å²) in [5.74, 6) is -1.15. The average molecular weight is 304 g/mol. The summed E-state index contributed by atoms with van der Waals surface area (Å²) in [4.78, 5) is 19.2. The fourth-order valence-corrected chi connectivity index (χ4v) is 1.97. The molecule has 0 aliphatic carbocycles. The highest BCUT2D eigenvalue weighted by Gasteiger charge is 2.37. The van der Waals surface area contributed by atoms with E-state index >= 15 is 0 Å². The van der Waals surface area contributed by atoms with E-state index in [0.29, 0.717) is 12.3 Å². The predicted molar refractivity (Wildman–Crippen MR) is 69.7 cm³/mol. The van der Waals surface area contributed by atoms with Crippen molar-refractivity contribution in [1.82, 2.24) is 19.9 Å². The van der Waals surface area contributed by atoms with Gasteiger partial charge in [0.2, 0.25) is 5.82 Å². The molecule has 2 aromatic rings. The molecule has 1 N–H and O–H groups in total. The van der Waals surface area contributed by atoms with Crippen LogP contribution >= 0.6 is 12.6 Å². The number of alkyl halides is 3. The van der Waals surface area contributed by atoms with Crippen LogP contribution < -0.4 is 5.32 Å². The first-order chi connectivity index (χ1) is 9.36. The Morgan fingerprint density at radius 1 is 1.45 bits per heavy atom. The molecule has 0 saturated heterocycles. The van der Waals surface area contributed by atoms with Gasteiger partial charge in [-0.15, -0.1) is 0 Å². The predicted octanol–water partition coefficient (Wildman–Crippen LogP) is 1.65. The van der Waals surface area contributed by atoms with Crippen molar-refractivity contribution in [3.05, 3.63) is 23.8 Å². The van der Waals surface area contributed by atoms with E-state index in [-0.39, 0.29) is 16.6 Å². The molecule has 20 heavy (non-hydrogen) atoms. The second-order valence-electron chi connectivity index (χ2n) is 4.03. The molecule has 1 amide bonds. The van der Waals surface area contributed by atoms with Gasteiger partial charge in [-0.2, -0.15) is 25.8 Å². The van der Waals surface area contributed by atoms with Gasteiger partial charge in [0.1, 0.15) is 5.52 Å². The lowest BCUT2D eigenvalue weighted by atomic mass is 10.2. The fourth-order valence-electron chi connectivity index (χ4n) is 1.86. The number of imidazole rings is 1. The van der Waals surface area contributed by atoms with E-state index in [0.717, 1.165) is 4.57 Å². The molecule has 0 atom stereocenters. The summed E-state index contributed by atoms with van der Waals surface area (Å²) in [5.41, 5.74) is 0.178. The minimum absolute atomic E-state index is 0.0262. The Labute approximate surface area is 117 Å². The molecule has 0 aliphatic heterocycles. The van der Waals surface area contributed by atoms with Crippen molar-refractivity contribution in [2.24, 2.45) is 7.05 Å². The second-order valence-corrected chi connectivity index (χ2v) is 4.47. The first kappa shape index (κ1) is 14.6. The van der Waals surface area contributed by atoms with Crippen molar-refractivity contribution < 1.29 is 18.0 Å². The van der Waals surface area contributed by atoms with Crippen LogP contribution in [0.3, 0.4) is 0 Å². The quantitative estimate of drug-likeness (QED) is 0.848. The molecule has 0 aromatic carbocycles. The van der Waals surface area contributed by atoms with E-state index in [1.165, 1.54) is 19.4 Å². The van der Waals surface area contributed by atoms with Crippen LogP contribution in [0, 0.1) is 0 Å². The summed E-state index contributed by atoms with van der Waals surface area (Å²) in [6.07, 6.45) is -2.18. The summed E-state index contributed by atoms with van der Waals surface area (Å²) >= 11 is 3.95. The number of halogens is 3.